The molecule has 3 aromatic rings. The predicted octanol–water partition coefficient (Wildman–Crippen LogP) is 3.82. The summed E-state index contributed by atoms with van der Waals surface area (Å²) in [5.41, 5.74) is 2.46. The standard InChI is InChI=1S/C24H28N4O2/c1-18(16-20-12-8-9-13-22(20)30-4)28(17-19-10-6-5-7-11-19)24(29)21-14-15-23(26-25-21)27(2)3/h5-15,18H,16-17H2,1-4H3. The highest BCUT2D eigenvalue weighted by Gasteiger charge is 2.24. The van der Waals surface area contributed by atoms with Crippen LogP contribution in [0.1, 0.15) is 28.5 Å². The van der Waals surface area contributed by atoms with Crippen molar-refractivity contribution >= 4 is 11.7 Å². The average Bonchev–Trinajstić information content (AvgIpc) is 2.78. The number of hydrogen-bond donors (Lipinski definition) is 0. The molecule has 6 heteroatoms. The van der Waals surface area contributed by atoms with Gasteiger partial charge < -0.3 is 14.5 Å². The second kappa shape index (κ2) is 9.87. The molecule has 0 aliphatic carbocycles. The maximum absolute atomic E-state index is 13.4. The summed E-state index contributed by atoms with van der Waals surface area (Å²) in [5, 5.41) is 8.35. The quantitative estimate of drug-likeness (QED) is 0.571. The number of rotatable bonds is 8. The number of carbonyl (C=O) groups excluding carboxylic acids is 1. The van der Waals surface area contributed by atoms with Gasteiger partial charge in [-0.15, -0.1) is 10.2 Å². The van der Waals surface area contributed by atoms with Gasteiger partial charge in [-0.1, -0.05) is 48.5 Å². The molecular formula is C24H28N4O2. The average molecular weight is 405 g/mol. The normalized spacial score (nSPS) is 11.6. The van der Waals surface area contributed by atoms with Crippen LogP contribution in [-0.4, -0.2) is 48.3 Å². The summed E-state index contributed by atoms with van der Waals surface area (Å²) in [6.07, 6.45) is 0.672. The van der Waals surface area contributed by atoms with Crippen molar-refractivity contribution in [3.05, 3.63) is 83.6 Å². The highest BCUT2D eigenvalue weighted by Crippen LogP contribution is 2.22. The number of amides is 1. The lowest BCUT2D eigenvalue weighted by Crippen LogP contribution is -2.40. The Morgan fingerprint density at radius 3 is 2.30 bits per heavy atom. The molecule has 1 amide bonds. The molecule has 1 aromatic heterocycles. The van der Waals surface area contributed by atoms with Crippen LogP contribution in [0.5, 0.6) is 5.75 Å². The van der Waals surface area contributed by atoms with Crippen molar-refractivity contribution in [2.75, 3.05) is 26.1 Å². The largest absolute Gasteiger partial charge is 0.496 e. The third-order valence-corrected chi connectivity index (χ3v) is 5.02. The van der Waals surface area contributed by atoms with E-state index in [0.717, 1.165) is 16.9 Å². The first-order chi connectivity index (χ1) is 14.5. The Bertz CT molecular complexity index is 958. The third-order valence-electron chi connectivity index (χ3n) is 5.02. The van der Waals surface area contributed by atoms with E-state index < -0.39 is 0 Å². The molecule has 0 fully saturated rings. The minimum Gasteiger partial charge on any atom is -0.496 e. The number of anilines is 1. The van der Waals surface area contributed by atoms with Crippen molar-refractivity contribution in [2.24, 2.45) is 0 Å². The number of nitrogens with zero attached hydrogens (tertiary/aromatic N) is 4. The van der Waals surface area contributed by atoms with E-state index >= 15 is 0 Å². The molecule has 156 valence electrons. The highest BCUT2D eigenvalue weighted by atomic mass is 16.5. The first kappa shape index (κ1) is 21.3. The smallest absolute Gasteiger partial charge is 0.274 e. The van der Waals surface area contributed by atoms with Crippen molar-refractivity contribution in [3.8, 4) is 5.75 Å². The van der Waals surface area contributed by atoms with E-state index in [4.69, 9.17) is 4.74 Å². The van der Waals surface area contributed by atoms with Crippen molar-refractivity contribution in [3.63, 3.8) is 0 Å². The van der Waals surface area contributed by atoms with Crippen LogP contribution in [0.3, 0.4) is 0 Å². The number of ether oxygens (including phenoxy) is 1. The summed E-state index contributed by atoms with van der Waals surface area (Å²) in [6.45, 7) is 2.54. The maximum atomic E-state index is 13.4. The van der Waals surface area contributed by atoms with Gasteiger partial charge in [0, 0.05) is 26.7 Å². The van der Waals surface area contributed by atoms with Gasteiger partial charge in [0.15, 0.2) is 11.5 Å². The summed E-state index contributed by atoms with van der Waals surface area (Å²) in [5.74, 6) is 1.40. The second-order valence-electron chi connectivity index (χ2n) is 7.45. The van der Waals surface area contributed by atoms with Gasteiger partial charge in [0.05, 0.1) is 7.11 Å². The molecule has 0 saturated heterocycles. The van der Waals surface area contributed by atoms with E-state index in [1.54, 1.807) is 13.2 Å². The van der Waals surface area contributed by atoms with Gasteiger partial charge in [0.25, 0.3) is 5.91 Å². The van der Waals surface area contributed by atoms with Crippen LogP contribution in [0.15, 0.2) is 66.7 Å². The summed E-state index contributed by atoms with van der Waals surface area (Å²) < 4.78 is 5.49. The molecule has 0 N–H and O–H groups in total. The van der Waals surface area contributed by atoms with Gasteiger partial charge in [-0.05, 0) is 42.7 Å². The molecule has 3 rings (SSSR count). The number of benzene rings is 2. The minimum absolute atomic E-state index is 0.0654. The molecule has 1 atom stereocenters. The zero-order valence-corrected chi connectivity index (χ0v) is 17.9. The van der Waals surface area contributed by atoms with Crippen LogP contribution in [-0.2, 0) is 13.0 Å². The molecule has 0 aliphatic rings. The Balaban J connectivity index is 1.88. The van der Waals surface area contributed by atoms with Gasteiger partial charge in [-0.25, -0.2) is 0 Å². The molecule has 0 bridgehead atoms. The minimum atomic E-state index is -0.140. The molecule has 0 saturated carbocycles. The molecule has 2 aromatic carbocycles. The van der Waals surface area contributed by atoms with Crippen molar-refractivity contribution in [1.82, 2.24) is 15.1 Å². The first-order valence-corrected chi connectivity index (χ1v) is 9.97. The van der Waals surface area contributed by atoms with E-state index in [0.29, 0.717) is 24.5 Å². The van der Waals surface area contributed by atoms with Crippen molar-refractivity contribution < 1.29 is 9.53 Å². The van der Waals surface area contributed by atoms with Gasteiger partial charge in [0.2, 0.25) is 0 Å². The number of para-hydroxylation sites is 1. The molecule has 6 nitrogen and oxygen atoms in total. The first-order valence-electron chi connectivity index (χ1n) is 9.97. The van der Waals surface area contributed by atoms with Gasteiger partial charge in [-0.2, -0.15) is 0 Å². The van der Waals surface area contributed by atoms with Crippen LogP contribution in [0, 0.1) is 0 Å². The van der Waals surface area contributed by atoms with E-state index in [9.17, 15) is 4.79 Å². The predicted molar refractivity (Wildman–Crippen MR) is 119 cm³/mol. The van der Waals surface area contributed by atoms with Gasteiger partial charge in [-0.3, -0.25) is 4.79 Å². The Morgan fingerprint density at radius 1 is 0.967 bits per heavy atom. The Labute approximate surface area is 178 Å². The topological polar surface area (TPSA) is 58.6 Å². The molecule has 0 radical (unpaired) electrons. The number of hydrogen-bond acceptors (Lipinski definition) is 5. The SMILES string of the molecule is COc1ccccc1CC(C)N(Cc1ccccc1)C(=O)c1ccc(N(C)C)nn1. The lowest BCUT2D eigenvalue weighted by Gasteiger charge is -2.30. The number of carbonyl (C=O) groups is 1. The fraction of sp³-hybridized carbons (Fsp3) is 0.292. The van der Waals surface area contributed by atoms with Crippen LogP contribution in [0.4, 0.5) is 5.82 Å². The highest BCUT2D eigenvalue weighted by molar-refractivity contribution is 5.92. The van der Waals surface area contributed by atoms with E-state index in [-0.39, 0.29) is 11.9 Å². The van der Waals surface area contributed by atoms with Crippen molar-refractivity contribution in [2.45, 2.75) is 25.9 Å². The summed E-state index contributed by atoms with van der Waals surface area (Å²) in [7, 11) is 5.45. The molecule has 1 heterocycles. The van der Waals surface area contributed by atoms with Crippen LogP contribution < -0.4 is 9.64 Å². The van der Waals surface area contributed by atoms with E-state index in [2.05, 4.69) is 17.1 Å². The molecule has 0 aliphatic heterocycles. The van der Waals surface area contributed by atoms with Gasteiger partial charge in [0.1, 0.15) is 5.75 Å². The molecule has 1 unspecified atom stereocenters. The second-order valence-corrected chi connectivity index (χ2v) is 7.45. The van der Waals surface area contributed by atoms with Crippen molar-refractivity contribution in [1.29, 1.82) is 0 Å². The monoisotopic (exact) mass is 404 g/mol. The van der Waals surface area contributed by atoms with Crippen LogP contribution in [0.2, 0.25) is 0 Å². The zero-order chi connectivity index (χ0) is 21.5. The molecule has 0 spiro atoms. The molecular weight excluding hydrogens is 376 g/mol. The lowest BCUT2D eigenvalue weighted by molar-refractivity contribution is 0.0667. The Kier molecular flexibility index (Phi) is 7.01. The summed E-state index contributed by atoms with van der Waals surface area (Å²) >= 11 is 0. The fourth-order valence-corrected chi connectivity index (χ4v) is 3.33. The van der Waals surface area contributed by atoms with Crippen LogP contribution in [0.25, 0.3) is 0 Å². The number of methoxy groups -OCH3 is 1. The fourth-order valence-electron chi connectivity index (χ4n) is 3.33. The lowest BCUT2D eigenvalue weighted by atomic mass is 10.0. The van der Waals surface area contributed by atoms with E-state index in [1.165, 1.54) is 0 Å². The summed E-state index contributed by atoms with van der Waals surface area (Å²) in [6, 6.07) is 21.4. The Morgan fingerprint density at radius 2 is 1.67 bits per heavy atom. The van der Waals surface area contributed by atoms with E-state index in [1.807, 2.05) is 84.6 Å². The van der Waals surface area contributed by atoms with Crippen LogP contribution >= 0.6 is 0 Å². The number of aromatic nitrogens is 2. The Hall–Kier alpha value is -3.41. The zero-order valence-electron chi connectivity index (χ0n) is 17.9. The summed E-state index contributed by atoms with van der Waals surface area (Å²) in [4.78, 5) is 17.1. The molecule has 30 heavy (non-hydrogen) atoms. The maximum Gasteiger partial charge on any atom is 0.274 e. The van der Waals surface area contributed by atoms with Gasteiger partial charge >= 0.3 is 0 Å². The third kappa shape index (κ3) is 5.14.